The third-order valence-electron chi connectivity index (χ3n) is 4.26. The maximum Gasteiger partial charge on any atom is 0.307 e. The molecule has 1 aromatic carbocycles. The summed E-state index contributed by atoms with van der Waals surface area (Å²) < 4.78 is 10.2. The van der Waals surface area contributed by atoms with E-state index in [0.717, 1.165) is 18.5 Å². The van der Waals surface area contributed by atoms with Crippen molar-refractivity contribution in [3.8, 4) is 17.2 Å². The van der Waals surface area contributed by atoms with Gasteiger partial charge < -0.3 is 30.4 Å². The van der Waals surface area contributed by atoms with Crippen LogP contribution in [0.4, 0.5) is 0 Å². The first kappa shape index (κ1) is 18.9. The van der Waals surface area contributed by atoms with Gasteiger partial charge in [-0.1, -0.05) is 0 Å². The number of carboxylic acid groups (broad SMARTS) is 1. The number of aromatic hydroxyl groups is 1. The van der Waals surface area contributed by atoms with Crippen molar-refractivity contribution in [2.24, 2.45) is 16.9 Å². The van der Waals surface area contributed by atoms with Crippen molar-refractivity contribution >= 4 is 12.2 Å². The van der Waals surface area contributed by atoms with Gasteiger partial charge in [0.2, 0.25) is 5.75 Å². The average molecular weight is 351 g/mol. The molecular weight excluding hydrogens is 326 g/mol. The Morgan fingerprint density at radius 3 is 2.64 bits per heavy atom. The number of nitrogens with zero attached hydrogens (tertiary/aromatic N) is 1. The van der Waals surface area contributed by atoms with E-state index in [2.05, 4.69) is 15.8 Å². The molecule has 4 N–H and O–H groups in total. The van der Waals surface area contributed by atoms with Gasteiger partial charge in [-0.2, -0.15) is 5.10 Å². The smallest absolute Gasteiger partial charge is 0.307 e. The highest BCUT2D eigenvalue weighted by Crippen LogP contribution is 2.36. The van der Waals surface area contributed by atoms with E-state index in [1.807, 2.05) is 0 Å². The van der Waals surface area contributed by atoms with Crippen molar-refractivity contribution in [3.05, 3.63) is 17.7 Å². The predicted molar refractivity (Wildman–Crippen MR) is 93.5 cm³/mol. The SMILES string of the molecule is COc1cc(/C=N/NCC[C@@H]2CNC[C@H](C(=O)O)C2)cc(OC)c1O. The lowest BCUT2D eigenvalue weighted by Gasteiger charge is -2.27. The van der Waals surface area contributed by atoms with Crippen LogP contribution in [0.5, 0.6) is 17.2 Å². The van der Waals surface area contributed by atoms with E-state index in [-0.39, 0.29) is 11.7 Å². The number of methoxy groups -OCH3 is 2. The summed E-state index contributed by atoms with van der Waals surface area (Å²) in [6.45, 7) is 2.03. The van der Waals surface area contributed by atoms with Crippen molar-refractivity contribution in [1.82, 2.24) is 10.7 Å². The normalized spacial score (nSPS) is 20.4. The molecule has 1 aliphatic rings. The third-order valence-corrected chi connectivity index (χ3v) is 4.26. The minimum atomic E-state index is -0.738. The molecule has 0 unspecified atom stereocenters. The Labute approximate surface area is 146 Å². The number of nitrogens with one attached hydrogen (secondary N) is 2. The third kappa shape index (κ3) is 5.25. The largest absolute Gasteiger partial charge is 0.502 e. The van der Waals surface area contributed by atoms with Crippen LogP contribution in [0.1, 0.15) is 18.4 Å². The predicted octanol–water partition coefficient (Wildman–Crippen LogP) is 1.03. The van der Waals surface area contributed by atoms with Gasteiger partial charge in [-0.15, -0.1) is 0 Å². The van der Waals surface area contributed by atoms with Crippen LogP contribution in [0.25, 0.3) is 0 Å². The van der Waals surface area contributed by atoms with Crippen LogP contribution in [0.15, 0.2) is 17.2 Å². The second kappa shape index (κ2) is 9.12. The Morgan fingerprint density at radius 1 is 1.36 bits per heavy atom. The van der Waals surface area contributed by atoms with Gasteiger partial charge >= 0.3 is 5.97 Å². The number of hydrazone groups is 1. The maximum atomic E-state index is 11.0. The summed E-state index contributed by atoms with van der Waals surface area (Å²) in [7, 11) is 2.94. The Balaban J connectivity index is 1.82. The summed E-state index contributed by atoms with van der Waals surface area (Å²) in [5.74, 6) is -0.139. The molecule has 0 spiro atoms. The van der Waals surface area contributed by atoms with Gasteiger partial charge in [0.1, 0.15) is 0 Å². The highest BCUT2D eigenvalue weighted by molar-refractivity contribution is 5.82. The van der Waals surface area contributed by atoms with Crippen molar-refractivity contribution < 1.29 is 24.5 Å². The molecule has 25 heavy (non-hydrogen) atoms. The number of piperidine rings is 1. The van der Waals surface area contributed by atoms with Gasteiger partial charge in [0, 0.05) is 18.7 Å². The van der Waals surface area contributed by atoms with Crippen LogP contribution in [-0.4, -0.2) is 56.3 Å². The second-order valence-electron chi connectivity index (χ2n) is 6.02. The zero-order valence-corrected chi connectivity index (χ0v) is 14.5. The van der Waals surface area contributed by atoms with Crippen molar-refractivity contribution in [1.29, 1.82) is 0 Å². The molecule has 1 fully saturated rings. The number of carboxylic acids is 1. The summed E-state index contributed by atoms with van der Waals surface area (Å²) in [5, 5.41) is 26.3. The Kier molecular flexibility index (Phi) is 6.88. The molecule has 138 valence electrons. The van der Waals surface area contributed by atoms with Crippen LogP contribution >= 0.6 is 0 Å². The van der Waals surface area contributed by atoms with E-state index in [4.69, 9.17) is 14.6 Å². The second-order valence-corrected chi connectivity index (χ2v) is 6.02. The van der Waals surface area contributed by atoms with E-state index in [1.165, 1.54) is 14.2 Å². The van der Waals surface area contributed by atoms with Gasteiger partial charge in [-0.05, 0) is 37.4 Å². The number of carbonyl (C=O) groups is 1. The molecule has 2 rings (SSSR count). The Hall–Kier alpha value is -2.48. The lowest BCUT2D eigenvalue weighted by Crippen LogP contribution is -2.40. The first-order chi connectivity index (χ1) is 12.0. The van der Waals surface area contributed by atoms with Gasteiger partial charge in [0.05, 0.1) is 26.4 Å². The fourth-order valence-corrected chi connectivity index (χ4v) is 2.88. The lowest BCUT2D eigenvalue weighted by atomic mass is 9.88. The zero-order valence-electron chi connectivity index (χ0n) is 14.5. The van der Waals surface area contributed by atoms with Gasteiger partial charge in [-0.25, -0.2) is 0 Å². The first-order valence-electron chi connectivity index (χ1n) is 8.19. The molecule has 0 aromatic heterocycles. The van der Waals surface area contributed by atoms with Crippen molar-refractivity contribution in [2.45, 2.75) is 12.8 Å². The average Bonchev–Trinajstić information content (AvgIpc) is 2.62. The number of phenols is 1. The summed E-state index contributed by atoms with van der Waals surface area (Å²) in [6, 6.07) is 3.32. The van der Waals surface area contributed by atoms with Crippen LogP contribution in [0.3, 0.4) is 0 Å². The number of hydrogen-bond acceptors (Lipinski definition) is 7. The molecule has 8 nitrogen and oxygen atoms in total. The maximum absolute atomic E-state index is 11.0. The fraction of sp³-hybridized carbons (Fsp3) is 0.529. The Morgan fingerprint density at radius 2 is 2.04 bits per heavy atom. The molecule has 1 aliphatic heterocycles. The molecule has 1 saturated heterocycles. The highest BCUT2D eigenvalue weighted by atomic mass is 16.5. The van der Waals surface area contributed by atoms with E-state index in [9.17, 15) is 9.90 Å². The van der Waals surface area contributed by atoms with E-state index in [1.54, 1.807) is 18.3 Å². The van der Waals surface area contributed by atoms with Crippen LogP contribution in [0.2, 0.25) is 0 Å². The number of benzene rings is 1. The van der Waals surface area contributed by atoms with Crippen LogP contribution < -0.4 is 20.2 Å². The van der Waals surface area contributed by atoms with Gasteiger partial charge in [-0.3, -0.25) is 4.79 Å². The van der Waals surface area contributed by atoms with Gasteiger partial charge in [0.25, 0.3) is 0 Å². The summed E-state index contributed by atoms with van der Waals surface area (Å²) in [4.78, 5) is 11.0. The minimum absolute atomic E-state index is 0.0482. The molecule has 1 aromatic rings. The number of ether oxygens (including phenoxy) is 2. The van der Waals surface area contributed by atoms with Crippen LogP contribution in [-0.2, 0) is 4.79 Å². The van der Waals surface area contributed by atoms with E-state index < -0.39 is 5.97 Å². The molecule has 0 saturated carbocycles. The van der Waals surface area contributed by atoms with Crippen molar-refractivity contribution in [3.63, 3.8) is 0 Å². The fourth-order valence-electron chi connectivity index (χ4n) is 2.88. The first-order valence-corrected chi connectivity index (χ1v) is 8.19. The standard InChI is InChI=1S/C17H25N3O5/c1-24-14-6-12(7-15(25-2)16(14)21)9-20-19-4-3-11-5-13(17(22)23)10-18-8-11/h6-7,9,11,13,18-19,21H,3-5,8,10H2,1-2H3,(H,22,23)/b20-9+/t11-,13+/m0/s1. The monoisotopic (exact) mass is 351 g/mol. The molecule has 0 aliphatic carbocycles. The van der Waals surface area contributed by atoms with Crippen LogP contribution in [0, 0.1) is 11.8 Å². The molecule has 1 heterocycles. The number of aliphatic carboxylic acids is 1. The molecule has 8 heteroatoms. The lowest BCUT2D eigenvalue weighted by molar-refractivity contribution is -0.142. The summed E-state index contributed by atoms with van der Waals surface area (Å²) in [5.41, 5.74) is 3.69. The summed E-state index contributed by atoms with van der Waals surface area (Å²) >= 11 is 0. The zero-order chi connectivity index (χ0) is 18.2. The number of phenolic OH excluding ortho intramolecular Hbond substituents is 1. The topological polar surface area (TPSA) is 112 Å². The number of hydrogen-bond donors (Lipinski definition) is 4. The minimum Gasteiger partial charge on any atom is -0.502 e. The highest BCUT2D eigenvalue weighted by Gasteiger charge is 2.26. The molecule has 0 radical (unpaired) electrons. The Bertz CT molecular complexity index is 595. The molecule has 0 bridgehead atoms. The van der Waals surface area contributed by atoms with E-state index in [0.29, 0.717) is 36.9 Å². The van der Waals surface area contributed by atoms with E-state index >= 15 is 0 Å². The van der Waals surface area contributed by atoms with Crippen molar-refractivity contribution in [2.75, 3.05) is 33.9 Å². The molecular formula is C17H25N3O5. The molecule has 2 atom stereocenters. The summed E-state index contributed by atoms with van der Waals surface area (Å²) in [6.07, 6.45) is 3.15. The quantitative estimate of drug-likeness (QED) is 0.314. The molecule has 0 amide bonds. The number of rotatable bonds is 8. The van der Waals surface area contributed by atoms with Gasteiger partial charge in [0.15, 0.2) is 11.5 Å².